The van der Waals surface area contributed by atoms with Gasteiger partial charge in [-0.1, -0.05) is 91.8 Å². The minimum atomic E-state index is -1.08. The van der Waals surface area contributed by atoms with Gasteiger partial charge in [0.05, 0.1) is 22.1 Å². The van der Waals surface area contributed by atoms with Gasteiger partial charge in [0.25, 0.3) is 0 Å². The third-order valence-electron chi connectivity index (χ3n) is 5.16. The van der Waals surface area contributed by atoms with Crippen molar-refractivity contribution in [1.82, 2.24) is 0 Å². The summed E-state index contributed by atoms with van der Waals surface area (Å²) in [5, 5.41) is 18.2. The van der Waals surface area contributed by atoms with E-state index in [2.05, 4.69) is 91.8 Å². The SMILES string of the molecule is CC(=O)[O-].CC(=O)[O-].CC(C)c1cccc(C(C)C)c1N=CC=Nc1c(C(C)C)cccc1C(C)C.ClCCl.ClCCl.[Pd+2]. The molecule has 0 spiro atoms. The quantitative estimate of drug-likeness (QED) is 0.160. The Labute approximate surface area is 293 Å². The van der Waals surface area contributed by atoms with Crippen LogP contribution in [-0.4, -0.2) is 35.0 Å². The van der Waals surface area contributed by atoms with Gasteiger partial charge >= 0.3 is 20.4 Å². The molecule has 0 heterocycles. The second-order valence-corrected chi connectivity index (χ2v) is 11.5. The summed E-state index contributed by atoms with van der Waals surface area (Å²) in [4.78, 5) is 27.5. The molecule has 0 saturated heterocycles. The summed E-state index contributed by atoms with van der Waals surface area (Å²) in [6, 6.07) is 13.0. The zero-order valence-electron chi connectivity index (χ0n) is 26.7. The molecule has 6 nitrogen and oxygen atoms in total. The molecule has 0 aromatic heterocycles. The number of hydrogen-bond acceptors (Lipinski definition) is 6. The summed E-state index contributed by atoms with van der Waals surface area (Å²) >= 11 is 19.1. The van der Waals surface area contributed by atoms with Gasteiger partial charge in [0, 0.05) is 24.4 Å². The minimum Gasteiger partial charge on any atom is -0.550 e. The molecule has 0 fully saturated rings. The Kier molecular flexibility index (Phi) is 33.0. The molecule has 0 amide bonds. The maximum Gasteiger partial charge on any atom is 2.00 e. The number of nitrogens with zero attached hydrogens (tertiary/aromatic N) is 2. The number of carbonyl (C=O) groups is 2. The van der Waals surface area contributed by atoms with Crippen molar-refractivity contribution in [2.24, 2.45) is 9.98 Å². The predicted molar refractivity (Wildman–Crippen MR) is 180 cm³/mol. The Morgan fingerprint density at radius 1 is 0.605 bits per heavy atom. The van der Waals surface area contributed by atoms with Gasteiger partial charge in [0.2, 0.25) is 0 Å². The first-order valence-corrected chi connectivity index (χ1v) is 15.6. The van der Waals surface area contributed by atoms with E-state index in [-0.39, 0.29) is 31.1 Å². The van der Waals surface area contributed by atoms with E-state index in [1.807, 2.05) is 12.4 Å². The van der Waals surface area contributed by atoms with Crippen LogP contribution < -0.4 is 10.2 Å². The fourth-order valence-electron chi connectivity index (χ4n) is 3.54. The number of carboxylic acids is 2. The number of alkyl halides is 4. The summed E-state index contributed by atoms with van der Waals surface area (Å²) in [5.41, 5.74) is 7.37. The zero-order valence-corrected chi connectivity index (χ0v) is 31.3. The third-order valence-corrected chi connectivity index (χ3v) is 5.16. The van der Waals surface area contributed by atoms with Crippen LogP contribution in [0.1, 0.15) is 115 Å². The molecular weight excluding hydrogens is 725 g/mol. The van der Waals surface area contributed by atoms with E-state index in [0.29, 0.717) is 23.7 Å². The Bertz CT molecular complexity index is 947. The normalized spacial score (nSPS) is 10.2. The molecule has 0 N–H and O–H groups in total. The standard InChI is InChI=1S/C26H36N2.2C2H4O2.2CH2Cl2.Pd/c1-17(2)21-11-9-12-22(18(3)4)25(21)27-15-16-28-26-23(19(5)6)13-10-14-24(26)20(7)8;2*1-2(3)4;2*2-1-3;/h9-20H,1-8H3;2*1H3,(H,3,4);2*1H2;/q;;;;;+2/p-2. The van der Waals surface area contributed by atoms with Crippen LogP contribution in [0.4, 0.5) is 11.4 Å². The molecule has 0 aliphatic carbocycles. The number of benzene rings is 2. The zero-order chi connectivity index (χ0) is 33.4. The topological polar surface area (TPSA) is 105 Å². The van der Waals surface area contributed by atoms with E-state index in [9.17, 15) is 0 Å². The van der Waals surface area contributed by atoms with Crippen LogP contribution in [-0.2, 0) is 30.0 Å². The van der Waals surface area contributed by atoms with Gasteiger partial charge in [-0.05, 0) is 59.8 Å². The van der Waals surface area contributed by atoms with Gasteiger partial charge < -0.3 is 19.8 Å². The Balaban J connectivity index is -0.000000426. The number of hydrogen-bond donors (Lipinski definition) is 0. The molecule has 0 aliphatic rings. The van der Waals surface area contributed by atoms with Crippen molar-refractivity contribution in [2.45, 2.75) is 92.9 Å². The summed E-state index contributed by atoms with van der Waals surface area (Å²) in [5.74, 6) is -0.400. The first kappa shape index (κ1) is 48.4. The Morgan fingerprint density at radius 2 is 0.767 bits per heavy atom. The van der Waals surface area contributed by atoms with Crippen LogP contribution in [0.3, 0.4) is 0 Å². The van der Waals surface area contributed by atoms with Gasteiger partial charge in [-0.25, -0.2) is 0 Å². The number of rotatable bonds is 7. The van der Waals surface area contributed by atoms with E-state index < -0.39 is 11.9 Å². The third kappa shape index (κ3) is 24.5. The van der Waals surface area contributed by atoms with Gasteiger partial charge in [0.15, 0.2) is 0 Å². The van der Waals surface area contributed by atoms with Crippen molar-refractivity contribution < 1.29 is 40.2 Å². The van der Waals surface area contributed by atoms with Gasteiger partial charge in [-0.2, -0.15) is 0 Å². The first-order chi connectivity index (χ1) is 19.5. The average Bonchev–Trinajstić information content (AvgIpc) is 2.86. The Morgan fingerprint density at radius 3 is 0.907 bits per heavy atom. The minimum absolute atomic E-state index is 0. The molecule has 43 heavy (non-hydrogen) atoms. The fourth-order valence-corrected chi connectivity index (χ4v) is 3.54. The summed E-state index contributed by atoms with van der Waals surface area (Å²) in [7, 11) is 0. The molecule has 2 aromatic carbocycles. The van der Waals surface area contributed by atoms with Crippen LogP contribution >= 0.6 is 46.4 Å². The maximum atomic E-state index is 8.89. The van der Waals surface area contributed by atoms with Gasteiger partial charge in [-0.15, -0.1) is 46.4 Å². The molecule has 11 heteroatoms. The van der Waals surface area contributed by atoms with E-state index in [1.54, 1.807) is 0 Å². The summed E-state index contributed by atoms with van der Waals surface area (Å²) in [6.45, 7) is 19.7. The van der Waals surface area contributed by atoms with E-state index >= 15 is 0 Å². The largest absolute Gasteiger partial charge is 2.00 e. The number of para-hydroxylation sites is 2. The predicted octanol–water partition coefficient (Wildman–Crippen LogP) is 8.64. The maximum absolute atomic E-state index is 8.89. The van der Waals surface area contributed by atoms with Crippen molar-refractivity contribution >= 4 is 82.1 Å². The summed E-state index contributed by atoms with van der Waals surface area (Å²) in [6.07, 6.45) is 3.71. The van der Waals surface area contributed by atoms with Crippen molar-refractivity contribution in [2.75, 3.05) is 10.7 Å². The molecular formula is C32H46Cl4N2O4Pd. The van der Waals surface area contributed by atoms with Crippen molar-refractivity contribution in [3.8, 4) is 0 Å². The van der Waals surface area contributed by atoms with Crippen LogP contribution in [0, 0.1) is 0 Å². The molecule has 0 atom stereocenters. The first-order valence-electron chi connectivity index (χ1n) is 13.4. The van der Waals surface area contributed by atoms with E-state index in [0.717, 1.165) is 25.2 Å². The van der Waals surface area contributed by atoms with Crippen LogP contribution in [0.2, 0.25) is 0 Å². The van der Waals surface area contributed by atoms with Crippen LogP contribution in [0.15, 0.2) is 46.4 Å². The molecule has 0 saturated carbocycles. The molecule has 2 aromatic rings. The van der Waals surface area contributed by atoms with Crippen LogP contribution in [0.25, 0.3) is 0 Å². The number of aliphatic imine (C=N–C) groups is 2. The number of carbonyl (C=O) groups excluding carboxylic acids is 2. The van der Waals surface area contributed by atoms with Gasteiger partial charge in [0.1, 0.15) is 0 Å². The molecule has 0 radical (unpaired) electrons. The Hall–Kier alpha value is -1.46. The van der Waals surface area contributed by atoms with E-state index in [4.69, 9.17) is 76.2 Å². The second-order valence-electron chi connectivity index (χ2n) is 9.93. The fraction of sp³-hybridized carbons (Fsp3) is 0.500. The number of halogens is 4. The molecule has 246 valence electrons. The smallest absolute Gasteiger partial charge is 0.550 e. The number of aliphatic carboxylic acids is 2. The second kappa shape index (κ2) is 29.3. The average molecular weight is 771 g/mol. The molecule has 0 aliphatic heterocycles. The molecule has 0 bridgehead atoms. The van der Waals surface area contributed by atoms with Crippen LogP contribution in [0.5, 0.6) is 0 Å². The van der Waals surface area contributed by atoms with Crippen molar-refractivity contribution in [3.05, 3.63) is 58.7 Å². The molecule has 2 rings (SSSR count). The number of carboxylic acid groups (broad SMARTS) is 2. The molecule has 0 unspecified atom stereocenters. The van der Waals surface area contributed by atoms with Crippen molar-refractivity contribution in [3.63, 3.8) is 0 Å². The summed E-state index contributed by atoms with van der Waals surface area (Å²) < 4.78 is 0. The van der Waals surface area contributed by atoms with Gasteiger partial charge in [-0.3, -0.25) is 9.98 Å². The van der Waals surface area contributed by atoms with Crippen molar-refractivity contribution in [1.29, 1.82) is 0 Å². The monoisotopic (exact) mass is 768 g/mol. The van der Waals surface area contributed by atoms with E-state index in [1.165, 1.54) is 22.3 Å².